The minimum atomic E-state index is 0.0159. The van der Waals surface area contributed by atoms with Crippen LogP contribution in [0.2, 0.25) is 0 Å². The number of benzene rings is 2. The van der Waals surface area contributed by atoms with Crippen LogP contribution < -0.4 is 10.5 Å². The van der Waals surface area contributed by atoms with Crippen LogP contribution in [0, 0.1) is 10.8 Å². The summed E-state index contributed by atoms with van der Waals surface area (Å²) < 4.78 is 1.47. The summed E-state index contributed by atoms with van der Waals surface area (Å²) in [4.78, 5) is 10.5. The van der Waals surface area contributed by atoms with Gasteiger partial charge in [0.25, 0.3) is 0 Å². The van der Waals surface area contributed by atoms with Crippen LogP contribution in [0.25, 0.3) is 22.0 Å². The van der Waals surface area contributed by atoms with E-state index in [1.165, 1.54) is 4.57 Å². The van der Waals surface area contributed by atoms with Crippen molar-refractivity contribution in [2.75, 3.05) is 11.9 Å². The van der Waals surface area contributed by atoms with Crippen LogP contribution in [0.3, 0.4) is 0 Å². The van der Waals surface area contributed by atoms with Gasteiger partial charge in [-0.2, -0.15) is 4.98 Å². The van der Waals surface area contributed by atoms with E-state index in [9.17, 15) is 0 Å². The van der Waals surface area contributed by atoms with E-state index >= 15 is 0 Å². The molecule has 2 heterocycles. The van der Waals surface area contributed by atoms with Gasteiger partial charge in [-0.15, -0.1) is 0 Å². The molecule has 6 heteroatoms. The second-order valence-corrected chi connectivity index (χ2v) is 6.12. The van der Waals surface area contributed by atoms with Crippen molar-refractivity contribution in [3.8, 4) is 11.1 Å². The topological polar surface area (TPSA) is 81.7 Å². The second kappa shape index (κ2) is 6.84. The van der Waals surface area contributed by atoms with E-state index < -0.39 is 0 Å². The van der Waals surface area contributed by atoms with E-state index in [-0.39, 0.29) is 5.62 Å². The molecule has 0 fully saturated rings. The van der Waals surface area contributed by atoms with Crippen LogP contribution >= 0.6 is 0 Å². The van der Waals surface area contributed by atoms with Crippen molar-refractivity contribution < 1.29 is 0 Å². The van der Waals surface area contributed by atoms with Crippen molar-refractivity contribution in [2.45, 2.75) is 0 Å². The molecule has 4 rings (SSSR count). The Morgan fingerprint density at radius 2 is 1.70 bits per heavy atom. The molecule has 4 aromatic rings. The highest BCUT2D eigenvalue weighted by atomic mass is 15.2. The summed E-state index contributed by atoms with van der Waals surface area (Å²) in [6.07, 6.45) is 4.63. The fourth-order valence-corrected chi connectivity index (χ4v) is 3.13. The van der Waals surface area contributed by atoms with E-state index in [0.717, 1.165) is 34.1 Å². The predicted molar refractivity (Wildman–Crippen MR) is 108 cm³/mol. The van der Waals surface area contributed by atoms with Gasteiger partial charge in [0.15, 0.2) is 0 Å². The van der Waals surface area contributed by atoms with E-state index in [1.54, 1.807) is 12.4 Å². The number of aromatic nitrogens is 3. The van der Waals surface area contributed by atoms with Crippen molar-refractivity contribution in [3.63, 3.8) is 0 Å². The van der Waals surface area contributed by atoms with E-state index in [4.69, 9.17) is 10.8 Å². The third kappa shape index (κ3) is 2.97. The van der Waals surface area contributed by atoms with Crippen LogP contribution in [-0.4, -0.2) is 27.9 Å². The summed E-state index contributed by atoms with van der Waals surface area (Å²) in [6.45, 7) is 0. The molecule has 2 N–H and O–H groups in total. The van der Waals surface area contributed by atoms with Crippen LogP contribution in [0.15, 0.2) is 73.1 Å². The summed E-state index contributed by atoms with van der Waals surface area (Å²) in [5, 5.41) is 16.9. The number of anilines is 2. The van der Waals surface area contributed by atoms with Gasteiger partial charge in [0, 0.05) is 30.5 Å². The molecule has 0 spiro atoms. The molecule has 6 nitrogen and oxygen atoms in total. The lowest BCUT2D eigenvalue weighted by atomic mass is 10.0. The van der Waals surface area contributed by atoms with Crippen molar-refractivity contribution in [2.24, 2.45) is 0 Å². The lowest BCUT2D eigenvalue weighted by Gasteiger charge is -2.21. The standard InChI is InChI=1S/C21H18N6/c1-26(17-5-3-2-4-6-17)20-18-8-7-16(15-9-11-24-12-10-15)13-19(18)27(14-22)21(23)25-20/h2-14,22-23H,1H3. The molecule has 0 radical (unpaired) electrons. The number of nitrogens with one attached hydrogen (secondary N) is 2. The number of nitrogens with zero attached hydrogens (tertiary/aromatic N) is 4. The van der Waals surface area contributed by atoms with Crippen molar-refractivity contribution in [1.29, 1.82) is 10.8 Å². The second-order valence-electron chi connectivity index (χ2n) is 6.12. The maximum absolute atomic E-state index is 8.29. The third-order valence-corrected chi connectivity index (χ3v) is 4.54. The van der Waals surface area contributed by atoms with Gasteiger partial charge in [-0.25, -0.2) is 0 Å². The van der Waals surface area contributed by atoms with Crippen molar-refractivity contribution in [1.82, 2.24) is 14.5 Å². The Hall–Kier alpha value is -3.80. The summed E-state index contributed by atoms with van der Waals surface area (Å²) in [5.74, 6) is 0.681. The maximum atomic E-state index is 8.29. The molecule has 0 aliphatic rings. The van der Waals surface area contributed by atoms with Gasteiger partial charge in [-0.1, -0.05) is 24.3 Å². The Morgan fingerprint density at radius 1 is 0.963 bits per heavy atom. The predicted octanol–water partition coefficient (Wildman–Crippen LogP) is 3.80. The average molecular weight is 354 g/mol. The Morgan fingerprint density at radius 3 is 2.41 bits per heavy atom. The molecule has 0 unspecified atom stereocenters. The highest BCUT2D eigenvalue weighted by molar-refractivity contribution is 5.96. The number of hydrogen-bond acceptors (Lipinski definition) is 5. The van der Waals surface area contributed by atoms with E-state index in [0.29, 0.717) is 5.82 Å². The summed E-state index contributed by atoms with van der Waals surface area (Å²) in [7, 11) is 1.93. The number of rotatable bonds is 4. The highest BCUT2D eigenvalue weighted by Crippen LogP contribution is 2.30. The van der Waals surface area contributed by atoms with Crippen LogP contribution in [0.1, 0.15) is 0 Å². The fourth-order valence-electron chi connectivity index (χ4n) is 3.13. The lowest BCUT2D eigenvalue weighted by molar-refractivity contribution is 0.915. The van der Waals surface area contributed by atoms with Gasteiger partial charge < -0.3 is 4.90 Å². The van der Waals surface area contributed by atoms with Crippen LogP contribution in [-0.2, 0) is 0 Å². The first-order valence-corrected chi connectivity index (χ1v) is 8.49. The van der Waals surface area contributed by atoms with Gasteiger partial charge >= 0.3 is 0 Å². The zero-order valence-corrected chi connectivity index (χ0v) is 14.8. The molecular formula is C21H18N6. The summed E-state index contributed by atoms with van der Waals surface area (Å²) >= 11 is 0. The molecule has 0 aliphatic carbocycles. The van der Waals surface area contributed by atoms with E-state index in [1.807, 2.05) is 72.6 Å². The Labute approximate surface area is 156 Å². The molecule has 0 bridgehead atoms. The largest absolute Gasteiger partial charge is 0.329 e. The molecule has 0 atom stereocenters. The van der Waals surface area contributed by atoms with Gasteiger partial charge in [-0.05, 0) is 47.5 Å². The SMILES string of the molecule is CN(c1ccccc1)c1nc(=N)n(C=N)c2cc(-c3ccncc3)ccc12. The first-order valence-electron chi connectivity index (χ1n) is 8.49. The molecule has 0 aliphatic heterocycles. The normalized spacial score (nSPS) is 10.7. The number of hydrogen-bond donors (Lipinski definition) is 2. The first kappa shape index (κ1) is 16.7. The fraction of sp³-hybridized carbons (Fsp3) is 0.0476. The Bertz CT molecular complexity index is 1170. The monoisotopic (exact) mass is 354 g/mol. The third-order valence-electron chi connectivity index (χ3n) is 4.54. The molecule has 2 aromatic heterocycles. The minimum Gasteiger partial charge on any atom is -0.329 e. The minimum absolute atomic E-state index is 0.0159. The molecule has 0 saturated carbocycles. The lowest BCUT2D eigenvalue weighted by Crippen LogP contribution is -2.26. The highest BCUT2D eigenvalue weighted by Gasteiger charge is 2.14. The maximum Gasteiger partial charge on any atom is 0.229 e. The number of fused-ring (bicyclic) bond motifs is 1. The Balaban J connectivity index is 1.97. The molecule has 0 saturated heterocycles. The van der Waals surface area contributed by atoms with Crippen molar-refractivity contribution in [3.05, 3.63) is 78.7 Å². The van der Waals surface area contributed by atoms with Crippen LogP contribution in [0.4, 0.5) is 11.5 Å². The summed E-state index contributed by atoms with van der Waals surface area (Å²) in [5.41, 5.74) is 3.79. The molecule has 0 amide bonds. The number of pyridine rings is 1. The smallest absolute Gasteiger partial charge is 0.229 e. The molecule has 27 heavy (non-hydrogen) atoms. The Kier molecular flexibility index (Phi) is 4.22. The van der Waals surface area contributed by atoms with Gasteiger partial charge in [-0.3, -0.25) is 20.4 Å². The molecule has 2 aromatic carbocycles. The zero-order valence-electron chi connectivity index (χ0n) is 14.8. The molecular weight excluding hydrogens is 336 g/mol. The number of para-hydroxylation sites is 1. The average Bonchev–Trinajstić information content (AvgIpc) is 2.73. The van der Waals surface area contributed by atoms with Gasteiger partial charge in [0.2, 0.25) is 5.62 Å². The zero-order chi connectivity index (χ0) is 18.8. The van der Waals surface area contributed by atoms with Crippen molar-refractivity contribution >= 4 is 28.7 Å². The van der Waals surface area contributed by atoms with Crippen LogP contribution in [0.5, 0.6) is 0 Å². The van der Waals surface area contributed by atoms with Gasteiger partial charge in [0.1, 0.15) is 5.82 Å². The summed E-state index contributed by atoms with van der Waals surface area (Å²) in [6, 6.07) is 19.8. The van der Waals surface area contributed by atoms with Gasteiger partial charge in [0.05, 0.1) is 11.9 Å². The molecule has 132 valence electrons. The van der Waals surface area contributed by atoms with E-state index in [2.05, 4.69) is 9.97 Å². The quantitative estimate of drug-likeness (QED) is 0.432. The first-order chi connectivity index (χ1) is 13.2.